The number of halogens is 1. The number of aromatic nitrogens is 1. The standard InChI is InChI=1S/C13H15BrN2O2/c1-6-7(2)12(17-4)10(8(3)11(6)14)9-5-16-18-13(9)15/h5H,15H2,1-4H3. The van der Waals surface area contributed by atoms with Crippen molar-refractivity contribution in [3.63, 3.8) is 0 Å². The van der Waals surface area contributed by atoms with Gasteiger partial charge in [-0.05, 0) is 37.5 Å². The van der Waals surface area contributed by atoms with Gasteiger partial charge in [-0.2, -0.15) is 0 Å². The Hall–Kier alpha value is -1.49. The summed E-state index contributed by atoms with van der Waals surface area (Å²) in [5.41, 5.74) is 10.8. The van der Waals surface area contributed by atoms with Crippen molar-refractivity contribution in [2.45, 2.75) is 20.8 Å². The molecule has 2 rings (SSSR count). The van der Waals surface area contributed by atoms with Gasteiger partial charge in [-0.1, -0.05) is 21.1 Å². The van der Waals surface area contributed by atoms with Crippen LogP contribution in [0.25, 0.3) is 11.1 Å². The smallest absolute Gasteiger partial charge is 0.230 e. The van der Waals surface area contributed by atoms with Gasteiger partial charge in [-0.25, -0.2) is 0 Å². The number of benzene rings is 1. The van der Waals surface area contributed by atoms with Crippen molar-refractivity contribution in [2.24, 2.45) is 0 Å². The fourth-order valence-corrected chi connectivity index (χ4v) is 2.60. The first-order valence-corrected chi connectivity index (χ1v) is 6.32. The van der Waals surface area contributed by atoms with Gasteiger partial charge in [0.05, 0.1) is 18.9 Å². The summed E-state index contributed by atoms with van der Waals surface area (Å²) in [6, 6.07) is 0. The van der Waals surface area contributed by atoms with E-state index in [1.807, 2.05) is 13.8 Å². The van der Waals surface area contributed by atoms with Crippen LogP contribution < -0.4 is 10.5 Å². The predicted molar refractivity (Wildman–Crippen MR) is 74.8 cm³/mol. The Morgan fingerprint density at radius 2 is 1.89 bits per heavy atom. The average molecular weight is 311 g/mol. The molecule has 0 radical (unpaired) electrons. The summed E-state index contributed by atoms with van der Waals surface area (Å²) in [6.07, 6.45) is 1.61. The summed E-state index contributed by atoms with van der Waals surface area (Å²) < 4.78 is 11.5. The van der Waals surface area contributed by atoms with E-state index in [1.54, 1.807) is 13.3 Å². The van der Waals surface area contributed by atoms with E-state index in [4.69, 9.17) is 15.0 Å². The van der Waals surface area contributed by atoms with Crippen molar-refractivity contribution >= 4 is 21.8 Å². The molecule has 0 bridgehead atoms. The number of hydrogen-bond acceptors (Lipinski definition) is 4. The molecular formula is C13H15BrN2O2. The van der Waals surface area contributed by atoms with Gasteiger partial charge in [0.2, 0.25) is 5.88 Å². The molecule has 1 heterocycles. The zero-order valence-corrected chi connectivity index (χ0v) is 12.4. The van der Waals surface area contributed by atoms with Gasteiger partial charge in [0.25, 0.3) is 0 Å². The highest BCUT2D eigenvalue weighted by Crippen LogP contribution is 2.43. The van der Waals surface area contributed by atoms with Gasteiger partial charge in [-0.15, -0.1) is 0 Å². The minimum atomic E-state index is 0.298. The fraction of sp³-hybridized carbons (Fsp3) is 0.308. The lowest BCUT2D eigenvalue weighted by Gasteiger charge is -2.18. The Bertz CT molecular complexity index is 606. The number of hydrogen-bond donors (Lipinski definition) is 1. The van der Waals surface area contributed by atoms with Crippen molar-refractivity contribution in [2.75, 3.05) is 12.8 Å². The zero-order chi connectivity index (χ0) is 13.4. The summed E-state index contributed by atoms with van der Waals surface area (Å²) in [7, 11) is 1.66. The largest absolute Gasteiger partial charge is 0.496 e. The molecule has 4 nitrogen and oxygen atoms in total. The molecule has 0 saturated heterocycles. The highest BCUT2D eigenvalue weighted by molar-refractivity contribution is 9.10. The molecule has 0 spiro atoms. The third-order valence-corrected chi connectivity index (χ3v) is 4.42. The lowest BCUT2D eigenvalue weighted by Crippen LogP contribution is -1.99. The quantitative estimate of drug-likeness (QED) is 0.920. The van der Waals surface area contributed by atoms with Crippen LogP contribution >= 0.6 is 15.9 Å². The molecule has 0 unspecified atom stereocenters. The first-order valence-electron chi connectivity index (χ1n) is 5.52. The van der Waals surface area contributed by atoms with Crippen molar-refractivity contribution in [3.05, 3.63) is 27.4 Å². The molecule has 0 aliphatic heterocycles. The summed E-state index contributed by atoms with van der Waals surface area (Å²) in [4.78, 5) is 0. The third kappa shape index (κ3) is 1.79. The Morgan fingerprint density at radius 3 is 2.39 bits per heavy atom. The molecule has 2 aromatic rings. The van der Waals surface area contributed by atoms with Crippen molar-refractivity contribution < 1.29 is 9.26 Å². The van der Waals surface area contributed by atoms with Gasteiger partial charge >= 0.3 is 0 Å². The molecule has 18 heavy (non-hydrogen) atoms. The lowest BCUT2D eigenvalue weighted by atomic mass is 9.95. The first kappa shape index (κ1) is 13.0. The van der Waals surface area contributed by atoms with Crippen LogP contribution in [0, 0.1) is 20.8 Å². The van der Waals surface area contributed by atoms with E-state index < -0.39 is 0 Å². The van der Waals surface area contributed by atoms with Gasteiger partial charge in [0.15, 0.2) is 0 Å². The van der Waals surface area contributed by atoms with Gasteiger partial charge in [0, 0.05) is 10.0 Å². The van der Waals surface area contributed by atoms with Crippen LogP contribution in [0.1, 0.15) is 16.7 Å². The van der Waals surface area contributed by atoms with Crippen LogP contribution in [0.3, 0.4) is 0 Å². The molecule has 0 atom stereocenters. The van der Waals surface area contributed by atoms with E-state index in [9.17, 15) is 0 Å². The monoisotopic (exact) mass is 310 g/mol. The first-order chi connectivity index (χ1) is 8.49. The zero-order valence-electron chi connectivity index (χ0n) is 10.8. The van der Waals surface area contributed by atoms with Crippen LogP contribution in [0.5, 0.6) is 5.75 Å². The maximum absolute atomic E-state index is 5.80. The minimum absolute atomic E-state index is 0.298. The van der Waals surface area contributed by atoms with E-state index in [-0.39, 0.29) is 0 Å². The van der Waals surface area contributed by atoms with Gasteiger partial charge < -0.3 is 15.0 Å². The summed E-state index contributed by atoms with van der Waals surface area (Å²) in [5.74, 6) is 1.11. The van der Waals surface area contributed by atoms with E-state index in [1.165, 1.54) is 0 Å². The van der Waals surface area contributed by atoms with E-state index >= 15 is 0 Å². The third-order valence-electron chi connectivity index (χ3n) is 3.24. The second-order valence-corrected chi connectivity index (χ2v) is 4.99. The SMILES string of the molecule is COc1c(C)c(C)c(Br)c(C)c1-c1cnoc1N. The van der Waals surface area contributed by atoms with Gasteiger partial charge in [-0.3, -0.25) is 0 Å². The average Bonchev–Trinajstić information content (AvgIpc) is 2.77. The molecular weight excluding hydrogens is 296 g/mol. The lowest BCUT2D eigenvalue weighted by molar-refractivity contribution is 0.412. The van der Waals surface area contributed by atoms with Crippen LogP contribution in [-0.2, 0) is 0 Å². The Kier molecular flexibility index (Phi) is 3.34. The molecule has 0 saturated carbocycles. The highest BCUT2D eigenvalue weighted by atomic mass is 79.9. The maximum Gasteiger partial charge on any atom is 0.230 e. The van der Waals surface area contributed by atoms with E-state index in [2.05, 4.69) is 28.0 Å². The van der Waals surface area contributed by atoms with Crippen molar-refractivity contribution in [1.82, 2.24) is 5.16 Å². The second-order valence-electron chi connectivity index (χ2n) is 4.20. The molecule has 5 heteroatoms. The number of ether oxygens (including phenoxy) is 1. The van der Waals surface area contributed by atoms with Crippen LogP contribution in [0.4, 0.5) is 5.88 Å². The molecule has 0 aliphatic rings. The number of rotatable bonds is 2. The van der Waals surface area contributed by atoms with Crippen molar-refractivity contribution in [1.29, 1.82) is 0 Å². The molecule has 96 valence electrons. The maximum atomic E-state index is 5.80. The molecule has 0 amide bonds. The summed E-state index contributed by atoms with van der Waals surface area (Å²) in [6.45, 7) is 6.09. The number of anilines is 1. The molecule has 2 N–H and O–H groups in total. The number of nitrogen functional groups attached to an aromatic ring is 1. The molecule has 1 aromatic carbocycles. The van der Waals surface area contributed by atoms with Crippen LogP contribution in [-0.4, -0.2) is 12.3 Å². The molecule has 0 fully saturated rings. The highest BCUT2D eigenvalue weighted by Gasteiger charge is 2.21. The second kappa shape index (κ2) is 4.65. The van der Waals surface area contributed by atoms with Crippen LogP contribution in [0.2, 0.25) is 0 Å². The number of nitrogens with zero attached hydrogens (tertiary/aromatic N) is 1. The van der Waals surface area contributed by atoms with Crippen molar-refractivity contribution in [3.8, 4) is 16.9 Å². The Balaban J connectivity index is 2.86. The number of nitrogens with two attached hydrogens (primary N) is 1. The summed E-state index contributed by atoms with van der Waals surface area (Å²) >= 11 is 3.61. The fourth-order valence-electron chi connectivity index (χ4n) is 2.10. The Labute approximate surface area is 114 Å². The topological polar surface area (TPSA) is 61.3 Å². The Morgan fingerprint density at radius 1 is 1.22 bits per heavy atom. The van der Waals surface area contributed by atoms with Crippen LogP contribution in [0.15, 0.2) is 15.2 Å². The normalized spacial score (nSPS) is 10.7. The molecule has 0 aliphatic carbocycles. The molecule has 1 aromatic heterocycles. The van der Waals surface area contributed by atoms with Gasteiger partial charge in [0.1, 0.15) is 5.75 Å². The van der Waals surface area contributed by atoms with E-state index in [0.29, 0.717) is 5.88 Å². The number of methoxy groups -OCH3 is 1. The minimum Gasteiger partial charge on any atom is -0.496 e. The van der Waals surface area contributed by atoms with E-state index in [0.717, 1.165) is 38.0 Å². The summed E-state index contributed by atoms with van der Waals surface area (Å²) in [5, 5.41) is 3.73. The predicted octanol–water partition coefficient (Wildman–Crippen LogP) is 3.62.